The summed E-state index contributed by atoms with van der Waals surface area (Å²) < 4.78 is 24.8. The number of aromatic nitrogens is 2. The highest BCUT2D eigenvalue weighted by Crippen LogP contribution is 2.14. The highest BCUT2D eigenvalue weighted by atomic mass is 32.2. The Kier molecular flexibility index (Phi) is 2.81. The molecule has 0 saturated carbocycles. The number of carbonyl (C=O) groups excluding carboxylic acids is 1. The van der Waals surface area contributed by atoms with Gasteiger partial charge in [-0.05, 0) is 19.1 Å². The van der Waals surface area contributed by atoms with Crippen LogP contribution < -0.4 is 0 Å². The number of rotatable bonds is 1. The number of hydrogen-bond acceptors (Lipinski definition) is 4. The second-order valence-corrected chi connectivity index (χ2v) is 5.38. The SMILES string of the molecule is Cc1ccc(S(=O)(=O)C(=O)n2ccnc2)cc1. The second-order valence-electron chi connectivity index (χ2n) is 3.55. The average Bonchev–Trinajstić information content (AvgIpc) is 2.82. The summed E-state index contributed by atoms with van der Waals surface area (Å²) >= 11 is 0. The lowest BCUT2D eigenvalue weighted by Gasteiger charge is -2.03. The normalized spacial score (nSPS) is 11.4. The van der Waals surface area contributed by atoms with E-state index in [-0.39, 0.29) is 4.90 Å². The van der Waals surface area contributed by atoms with Gasteiger partial charge in [0, 0.05) is 12.4 Å². The van der Waals surface area contributed by atoms with Crippen molar-refractivity contribution in [3.8, 4) is 0 Å². The molecule has 0 unspecified atom stereocenters. The number of sulfone groups is 1. The van der Waals surface area contributed by atoms with Crippen molar-refractivity contribution in [1.29, 1.82) is 0 Å². The summed E-state index contributed by atoms with van der Waals surface area (Å²) in [6.07, 6.45) is 3.81. The molecular formula is C11H10N2O3S. The Morgan fingerprint density at radius 3 is 2.41 bits per heavy atom. The summed E-state index contributed by atoms with van der Waals surface area (Å²) in [4.78, 5) is 15.4. The maximum absolute atomic E-state index is 11.9. The summed E-state index contributed by atoms with van der Waals surface area (Å²) in [5, 5.41) is -1.00. The van der Waals surface area contributed by atoms with Crippen molar-refractivity contribution in [1.82, 2.24) is 9.55 Å². The molecule has 0 aliphatic rings. The van der Waals surface area contributed by atoms with Crippen LogP contribution in [-0.2, 0) is 9.84 Å². The summed E-state index contributed by atoms with van der Waals surface area (Å²) in [5.74, 6) is 0. The van der Waals surface area contributed by atoms with Gasteiger partial charge in [0.25, 0.3) is 9.84 Å². The van der Waals surface area contributed by atoms with Gasteiger partial charge in [-0.1, -0.05) is 17.7 Å². The zero-order valence-electron chi connectivity index (χ0n) is 9.07. The Morgan fingerprint density at radius 1 is 1.24 bits per heavy atom. The van der Waals surface area contributed by atoms with Crippen LogP contribution in [0.25, 0.3) is 0 Å². The van der Waals surface area contributed by atoms with Gasteiger partial charge in [-0.3, -0.25) is 9.36 Å². The van der Waals surface area contributed by atoms with Crippen molar-refractivity contribution in [2.45, 2.75) is 11.8 Å². The molecule has 0 radical (unpaired) electrons. The molecule has 5 nitrogen and oxygen atoms in total. The third-order valence-corrected chi connectivity index (χ3v) is 3.84. The van der Waals surface area contributed by atoms with Crippen LogP contribution in [-0.4, -0.2) is 23.2 Å². The van der Waals surface area contributed by atoms with Crippen LogP contribution in [0.5, 0.6) is 0 Å². The fourth-order valence-corrected chi connectivity index (χ4v) is 2.41. The van der Waals surface area contributed by atoms with E-state index in [0.717, 1.165) is 16.5 Å². The second kappa shape index (κ2) is 4.14. The highest BCUT2D eigenvalue weighted by Gasteiger charge is 2.25. The topological polar surface area (TPSA) is 69.0 Å². The minimum atomic E-state index is -3.99. The van der Waals surface area contributed by atoms with Crippen molar-refractivity contribution >= 4 is 15.1 Å². The minimum Gasteiger partial charge on any atom is -0.263 e. The third kappa shape index (κ3) is 2.12. The van der Waals surface area contributed by atoms with Crippen molar-refractivity contribution in [3.63, 3.8) is 0 Å². The van der Waals surface area contributed by atoms with Crippen LogP contribution in [0.3, 0.4) is 0 Å². The molecule has 6 heteroatoms. The molecule has 0 atom stereocenters. The maximum atomic E-state index is 11.9. The Hall–Kier alpha value is -1.95. The molecule has 0 fully saturated rings. The molecule has 0 amide bonds. The molecule has 0 aliphatic heterocycles. The van der Waals surface area contributed by atoms with Crippen LogP contribution in [0.1, 0.15) is 5.56 Å². The van der Waals surface area contributed by atoms with Crippen molar-refractivity contribution < 1.29 is 13.2 Å². The fraction of sp³-hybridized carbons (Fsp3) is 0.0909. The lowest BCUT2D eigenvalue weighted by atomic mass is 10.2. The van der Waals surface area contributed by atoms with Gasteiger partial charge in [-0.2, -0.15) is 0 Å². The number of imidazole rings is 1. The van der Waals surface area contributed by atoms with Crippen molar-refractivity contribution in [2.24, 2.45) is 0 Å². The Bertz CT molecular complexity index is 628. The summed E-state index contributed by atoms with van der Waals surface area (Å²) in [7, 11) is -3.99. The maximum Gasteiger partial charge on any atom is 0.353 e. The Labute approximate surface area is 98.6 Å². The highest BCUT2D eigenvalue weighted by molar-refractivity contribution is 8.06. The molecule has 0 N–H and O–H groups in total. The van der Waals surface area contributed by atoms with E-state index in [4.69, 9.17) is 0 Å². The minimum absolute atomic E-state index is 0.0122. The van der Waals surface area contributed by atoms with Crippen LogP contribution in [0.15, 0.2) is 47.9 Å². The van der Waals surface area contributed by atoms with Gasteiger partial charge in [0.2, 0.25) is 0 Å². The lowest BCUT2D eigenvalue weighted by molar-refractivity contribution is 0.259. The molecule has 2 aromatic rings. The van der Waals surface area contributed by atoms with Crippen LogP contribution >= 0.6 is 0 Å². The first-order valence-electron chi connectivity index (χ1n) is 4.86. The molecule has 0 bridgehead atoms. The van der Waals surface area contributed by atoms with Gasteiger partial charge in [0.15, 0.2) is 0 Å². The predicted octanol–water partition coefficient (Wildman–Crippen LogP) is 1.63. The molecule has 1 heterocycles. The number of benzene rings is 1. The van der Waals surface area contributed by atoms with Crippen molar-refractivity contribution in [3.05, 3.63) is 48.5 Å². The monoisotopic (exact) mass is 250 g/mol. The first-order valence-corrected chi connectivity index (χ1v) is 6.34. The van der Waals surface area contributed by atoms with E-state index in [1.54, 1.807) is 12.1 Å². The molecular weight excluding hydrogens is 240 g/mol. The zero-order chi connectivity index (χ0) is 12.5. The first-order chi connectivity index (χ1) is 8.01. The van der Waals surface area contributed by atoms with Gasteiger partial charge >= 0.3 is 5.24 Å². The molecule has 2 rings (SSSR count). The van der Waals surface area contributed by atoms with Gasteiger partial charge in [0.05, 0.1) is 4.90 Å². The van der Waals surface area contributed by atoms with E-state index in [9.17, 15) is 13.2 Å². The summed E-state index contributed by atoms with van der Waals surface area (Å²) in [6.45, 7) is 1.84. The predicted molar refractivity (Wildman–Crippen MR) is 61.4 cm³/mol. The summed E-state index contributed by atoms with van der Waals surface area (Å²) in [5.41, 5.74) is 0.930. The molecule has 1 aromatic heterocycles. The first kappa shape index (κ1) is 11.5. The third-order valence-electron chi connectivity index (χ3n) is 2.28. The Morgan fingerprint density at radius 2 is 1.88 bits per heavy atom. The van der Waals surface area contributed by atoms with Gasteiger partial charge in [-0.25, -0.2) is 13.4 Å². The largest absolute Gasteiger partial charge is 0.353 e. The van der Waals surface area contributed by atoms with Crippen molar-refractivity contribution in [2.75, 3.05) is 0 Å². The molecule has 1 aromatic carbocycles. The zero-order valence-corrected chi connectivity index (χ0v) is 9.89. The average molecular weight is 250 g/mol. The summed E-state index contributed by atoms with van der Waals surface area (Å²) in [6, 6.07) is 6.13. The molecule has 0 spiro atoms. The number of aryl methyl sites for hydroxylation is 1. The van der Waals surface area contributed by atoms with E-state index in [1.807, 2.05) is 6.92 Å². The van der Waals surface area contributed by atoms with Crippen LogP contribution in [0, 0.1) is 6.92 Å². The van der Waals surface area contributed by atoms with Crippen LogP contribution in [0.2, 0.25) is 0 Å². The molecule has 0 saturated heterocycles. The quantitative estimate of drug-likeness (QED) is 0.771. The van der Waals surface area contributed by atoms with E-state index < -0.39 is 15.1 Å². The molecule has 0 aliphatic carbocycles. The van der Waals surface area contributed by atoms with E-state index in [2.05, 4.69) is 4.98 Å². The Balaban J connectivity index is 2.44. The van der Waals surface area contributed by atoms with E-state index in [1.165, 1.54) is 24.5 Å². The smallest absolute Gasteiger partial charge is 0.263 e. The lowest BCUT2D eigenvalue weighted by Crippen LogP contribution is -2.20. The number of carbonyl (C=O) groups is 1. The number of hydrogen-bond donors (Lipinski definition) is 0. The fourth-order valence-electron chi connectivity index (χ4n) is 1.32. The standard InChI is InChI=1S/C11H10N2O3S/c1-9-2-4-10(5-3-9)17(15,16)11(14)13-7-6-12-8-13/h2-8H,1H3. The van der Waals surface area contributed by atoms with Crippen LogP contribution in [0.4, 0.5) is 4.79 Å². The van der Waals surface area contributed by atoms with E-state index >= 15 is 0 Å². The van der Waals surface area contributed by atoms with E-state index in [0.29, 0.717) is 0 Å². The molecule has 88 valence electrons. The van der Waals surface area contributed by atoms with Gasteiger partial charge in [0.1, 0.15) is 6.33 Å². The molecule has 17 heavy (non-hydrogen) atoms. The number of nitrogens with zero attached hydrogens (tertiary/aromatic N) is 2. The van der Waals surface area contributed by atoms with Gasteiger partial charge < -0.3 is 0 Å². The van der Waals surface area contributed by atoms with Gasteiger partial charge in [-0.15, -0.1) is 0 Å².